The predicted octanol–water partition coefficient (Wildman–Crippen LogP) is 3.85. The maximum atomic E-state index is 12.1. The number of hydrogen-bond donors (Lipinski definition) is 0. The highest BCUT2D eigenvalue weighted by Crippen LogP contribution is 2.20. The standard InChI is InChI=1S/C14H14OS/c1-3-12-7-8-13(16-12)14(15)11-6-4-5-10(2)9-11/h4-9H,3H2,1-2H3. The number of rotatable bonds is 3. The van der Waals surface area contributed by atoms with Crippen molar-refractivity contribution >= 4 is 17.1 Å². The van der Waals surface area contributed by atoms with E-state index in [4.69, 9.17) is 0 Å². The highest BCUT2D eigenvalue weighted by Gasteiger charge is 2.11. The van der Waals surface area contributed by atoms with E-state index in [0.29, 0.717) is 0 Å². The average Bonchev–Trinajstić information content (AvgIpc) is 2.76. The molecule has 1 heterocycles. The first kappa shape index (κ1) is 11.1. The van der Waals surface area contributed by atoms with Gasteiger partial charge in [-0.1, -0.05) is 30.7 Å². The van der Waals surface area contributed by atoms with E-state index in [1.54, 1.807) is 11.3 Å². The molecule has 0 aliphatic rings. The molecule has 1 aromatic heterocycles. The summed E-state index contributed by atoms with van der Waals surface area (Å²) in [4.78, 5) is 14.2. The van der Waals surface area contributed by atoms with E-state index in [-0.39, 0.29) is 5.78 Å². The molecule has 0 aliphatic heterocycles. The number of aryl methyl sites for hydroxylation is 2. The Bertz CT molecular complexity index is 511. The summed E-state index contributed by atoms with van der Waals surface area (Å²) in [5.74, 6) is 0.133. The Morgan fingerprint density at radius 2 is 2.06 bits per heavy atom. The number of benzene rings is 1. The van der Waals surface area contributed by atoms with Crippen LogP contribution in [-0.2, 0) is 6.42 Å². The Kier molecular flexibility index (Phi) is 3.20. The molecule has 0 atom stereocenters. The lowest BCUT2D eigenvalue weighted by atomic mass is 10.1. The van der Waals surface area contributed by atoms with Crippen LogP contribution in [0, 0.1) is 6.92 Å². The fraction of sp³-hybridized carbons (Fsp3) is 0.214. The number of hydrogen-bond acceptors (Lipinski definition) is 2. The van der Waals surface area contributed by atoms with E-state index in [1.807, 2.05) is 43.3 Å². The average molecular weight is 230 g/mol. The molecule has 2 rings (SSSR count). The second kappa shape index (κ2) is 4.62. The minimum Gasteiger partial charge on any atom is -0.288 e. The summed E-state index contributed by atoms with van der Waals surface area (Å²) in [6, 6.07) is 11.7. The van der Waals surface area contributed by atoms with Crippen molar-refractivity contribution in [1.29, 1.82) is 0 Å². The summed E-state index contributed by atoms with van der Waals surface area (Å²) in [6.07, 6.45) is 0.992. The molecule has 0 saturated carbocycles. The van der Waals surface area contributed by atoms with Crippen LogP contribution in [0.25, 0.3) is 0 Å². The van der Waals surface area contributed by atoms with E-state index >= 15 is 0 Å². The second-order valence-corrected chi connectivity index (χ2v) is 4.99. The molecule has 0 amide bonds. The first-order valence-electron chi connectivity index (χ1n) is 5.41. The van der Waals surface area contributed by atoms with Gasteiger partial charge in [0, 0.05) is 10.4 Å². The van der Waals surface area contributed by atoms with Gasteiger partial charge in [0.2, 0.25) is 5.78 Å². The molecule has 1 aromatic carbocycles. The number of ketones is 1. The highest BCUT2D eigenvalue weighted by molar-refractivity contribution is 7.14. The van der Waals surface area contributed by atoms with Crippen LogP contribution in [0.15, 0.2) is 36.4 Å². The van der Waals surface area contributed by atoms with Crippen LogP contribution < -0.4 is 0 Å². The van der Waals surface area contributed by atoms with Crippen LogP contribution in [0.3, 0.4) is 0 Å². The van der Waals surface area contributed by atoms with Gasteiger partial charge >= 0.3 is 0 Å². The number of thiophene rings is 1. The maximum Gasteiger partial charge on any atom is 0.202 e. The molecule has 1 nitrogen and oxygen atoms in total. The van der Waals surface area contributed by atoms with Crippen molar-refractivity contribution in [1.82, 2.24) is 0 Å². The highest BCUT2D eigenvalue weighted by atomic mass is 32.1. The zero-order valence-corrected chi connectivity index (χ0v) is 10.3. The van der Waals surface area contributed by atoms with Crippen LogP contribution in [0.2, 0.25) is 0 Å². The Morgan fingerprint density at radius 1 is 1.25 bits per heavy atom. The fourth-order valence-corrected chi connectivity index (χ4v) is 2.53. The first-order valence-corrected chi connectivity index (χ1v) is 6.22. The summed E-state index contributed by atoms with van der Waals surface area (Å²) >= 11 is 1.59. The third-order valence-electron chi connectivity index (χ3n) is 2.51. The zero-order valence-electron chi connectivity index (χ0n) is 9.49. The van der Waals surface area contributed by atoms with Gasteiger partial charge in [0.05, 0.1) is 4.88 Å². The van der Waals surface area contributed by atoms with Gasteiger partial charge in [0.15, 0.2) is 0 Å². The molecule has 2 aromatic rings. The Labute approximate surface area is 99.8 Å². The van der Waals surface area contributed by atoms with E-state index in [1.165, 1.54) is 4.88 Å². The largest absolute Gasteiger partial charge is 0.288 e. The van der Waals surface area contributed by atoms with Gasteiger partial charge in [-0.05, 0) is 31.5 Å². The molecule has 0 spiro atoms. The number of carbonyl (C=O) groups is 1. The van der Waals surface area contributed by atoms with Crippen molar-refractivity contribution in [2.45, 2.75) is 20.3 Å². The Hall–Kier alpha value is -1.41. The van der Waals surface area contributed by atoms with Crippen LogP contribution in [-0.4, -0.2) is 5.78 Å². The summed E-state index contributed by atoms with van der Waals surface area (Å²) in [7, 11) is 0. The van der Waals surface area contributed by atoms with E-state index in [9.17, 15) is 4.79 Å². The molecular formula is C14H14OS. The van der Waals surface area contributed by atoms with E-state index in [2.05, 4.69) is 6.92 Å². The van der Waals surface area contributed by atoms with Crippen molar-refractivity contribution in [3.05, 3.63) is 57.3 Å². The first-order chi connectivity index (χ1) is 7.70. The lowest BCUT2D eigenvalue weighted by molar-refractivity contribution is 0.104. The number of carbonyl (C=O) groups excluding carboxylic acids is 1. The van der Waals surface area contributed by atoms with Crippen molar-refractivity contribution in [2.24, 2.45) is 0 Å². The van der Waals surface area contributed by atoms with Gasteiger partial charge in [-0.3, -0.25) is 4.79 Å². The van der Waals surface area contributed by atoms with Gasteiger partial charge in [0.1, 0.15) is 0 Å². The summed E-state index contributed by atoms with van der Waals surface area (Å²) in [6.45, 7) is 4.11. The van der Waals surface area contributed by atoms with Crippen LogP contribution in [0.4, 0.5) is 0 Å². The van der Waals surface area contributed by atoms with Crippen molar-refractivity contribution in [2.75, 3.05) is 0 Å². The third-order valence-corrected chi connectivity index (χ3v) is 3.74. The predicted molar refractivity (Wildman–Crippen MR) is 68.3 cm³/mol. The normalized spacial score (nSPS) is 10.4. The third kappa shape index (κ3) is 2.22. The maximum absolute atomic E-state index is 12.1. The van der Waals surface area contributed by atoms with Gasteiger partial charge in [-0.25, -0.2) is 0 Å². The lowest BCUT2D eigenvalue weighted by Gasteiger charge is -1.99. The minimum absolute atomic E-state index is 0.133. The summed E-state index contributed by atoms with van der Waals surface area (Å²) in [5, 5.41) is 0. The van der Waals surface area contributed by atoms with Crippen LogP contribution in [0.5, 0.6) is 0 Å². The van der Waals surface area contributed by atoms with Crippen LogP contribution in [0.1, 0.15) is 32.6 Å². The molecule has 0 aliphatic carbocycles. The molecule has 0 unspecified atom stereocenters. The van der Waals surface area contributed by atoms with Crippen molar-refractivity contribution in [3.63, 3.8) is 0 Å². The molecular weight excluding hydrogens is 216 g/mol. The van der Waals surface area contributed by atoms with Gasteiger partial charge in [-0.15, -0.1) is 11.3 Å². The van der Waals surface area contributed by atoms with E-state index in [0.717, 1.165) is 22.4 Å². The molecule has 16 heavy (non-hydrogen) atoms. The fourth-order valence-electron chi connectivity index (χ4n) is 1.62. The molecule has 0 saturated heterocycles. The monoisotopic (exact) mass is 230 g/mol. The zero-order chi connectivity index (χ0) is 11.5. The molecule has 82 valence electrons. The molecule has 0 bridgehead atoms. The second-order valence-electron chi connectivity index (χ2n) is 3.82. The molecule has 0 radical (unpaired) electrons. The van der Waals surface area contributed by atoms with Crippen LogP contribution >= 0.6 is 11.3 Å². The minimum atomic E-state index is 0.133. The van der Waals surface area contributed by atoms with Gasteiger partial charge < -0.3 is 0 Å². The smallest absolute Gasteiger partial charge is 0.202 e. The topological polar surface area (TPSA) is 17.1 Å². The van der Waals surface area contributed by atoms with Gasteiger partial charge in [0.25, 0.3) is 0 Å². The lowest BCUT2D eigenvalue weighted by Crippen LogP contribution is -1.98. The molecule has 0 N–H and O–H groups in total. The van der Waals surface area contributed by atoms with Crippen molar-refractivity contribution < 1.29 is 4.79 Å². The SMILES string of the molecule is CCc1ccc(C(=O)c2cccc(C)c2)s1. The van der Waals surface area contributed by atoms with Crippen molar-refractivity contribution in [3.8, 4) is 0 Å². The quantitative estimate of drug-likeness (QED) is 0.732. The molecule has 0 fully saturated rings. The Morgan fingerprint density at radius 3 is 2.69 bits per heavy atom. The van der Waals surface area contributed by atoms with E-state index < -0.39 is 0 Å². The van der Waals surface area contributed by atoms with Gasteiger partial charge in [-0.2, -0.15) is 0 Å². The molecule has 2 heteroatoms. The Balaban J connectivity index is 2.31. The summed E-state index contributed by atoms with van der Waals surface area (Å²) < 4.78 is 0. The summed E-state index contributed by atoms with van der Waals surface area (Å²) in [5.41, 5.74) is 1.91.